The molecule has 0 bridgehead atoms. The van der Waals surface area contributed by atoms with Crippen LogP contribution in [0.3, 0.4) is 0 Å². The highest BCUT2D eigenvalue weighted by molar-refractivity contribution is 9.09. The maximum atomic E-state index is 12.0. The first kappa shape index (κ1) is 13.2. The van der Waals surface area contributed by atoms with Gasteiger partial charge in [0.2, 0.25) is 0 Å². The predicted octanol–water partition coefficient (Wildman–Crippen LogP) is 4.04. The highest BCUT2D eigenvalue weighted by atomic mass is 79.9. The molecule has 0 spiro atoms. The molecule has 1 aliphatic rings. The van der Waals surface area contributed by atoms with Gasteiger partial charge in [-0.15, -0.1) is 0 Å². The van der Waals surface area contributed by atoms with E-state index in [1.165, 1.54) is 0 Å². The molecule has 2 unspecified atom stereocenters. The second-order valence-corrected chi connectivity index (χ2v) is 6.23. The van der Waals surface area contributed by atoms with E-state index in [1.54, 1.807) is 18.2 Å². The number of carbonyl (C=O) groups is 1. The first-order valence-electron chi connectivity index (χ1n) is 5.47. The summed E-state index contributed by atoms with van der Waals surface area (Å²) in [7, 11) is 0. The molecule has 2 nitrogen and oxygen atoms in total. The van der Waals surface area contributed by atoms with Gasteiger partial charge in [0, 0.05) is 26.5 Å². The summed E-state index contributed by atoms with van der Waals surface area (Å²) < 4.78 is 0. The molecule has 17 heavy (non-hydrogen) atoms. The normalized spacial score (nSPS) is 23.7. The van der Waals surface area contributed by atoms with Crippen LogP contribution < -0.4 is 5.32 Å². The number of hydrogen-bond donors (Lipinski definition) is 1. The van der Waals surface area contributed by atoms with Crippen LogP contribution in [0, 0.1) is 0 Å². The quantitative estimate of drug-likeness (QED) is 0.811. The van der Waals surface area contributed by atoms with Crippen molar-refractivity contribution in [2.45, 2.75) is 30.1 Å². The Hall–Kier alpha value is -0.250. The van der Waals surface area contributed by atoms with E-state index in [2.05, 4.69) is 21.2 Å². The monoisotopic (exact) mass is 335 g/mol. The van der Waals surface area contributed by atoms with E-state index in [1.807, 2.05) is 0 Å². The number of nitrogens with one attached hydrogen (secondary N) is 1. The van der Waals surface area contributed by atoms with Crippen LogP contribution in [0.25, 0.3) is 0 Å². The van der Waals surface area contributed by atoms with Crippen molar-refractivity contribution in [1.82, 2.24) is 5.32 Å². The van der Waals surface area contributed by atoms with Crippen LogP contribution in [0.2, 0.25) is 10.0 Å². The van der Waals surface area contributed by atoms with Gasteiger partial charge in [0.1, 0.15) is 0 Å². The third-order valence-electron chi connectivity index (χ3n) is 2.87. The van der Waals surface area contributed by atoms with E-state index in [0.717, 1.165) is 19.3 Å². The molecule has 0 heterocycles. The summed E-state index contributed by atoms with van der Waals surface area (Å²) in [5.74, 6) is -0.120. The highest BCUT2D eigenvalue weighted by Crippen LogP contribution is 2.26. The first-order chi connectivity index (χ1) is 8.06. The van der Waals surface area contributed by atoms with Gasteiger partial charge in [0.05, 0.1) is 0 Å². The smallest absolute Gasteiger partial charge is 0.251 e. The molecule has 0 aliphatic heterocycles. The largest absolute Gasteiger partial charge is 0.348 e. The number of amides is 1. The van der Waals surface area contributed by atoms with Crippen LogP contribution in [-0.2, 0) is 0 Å². The minimum atomic E-state index is -0.120. The molecule has 1 amide bonds. The minimum Gasteiger partial charge on any atom is -0.348 e. The van der Waals surface area contributed by atoms with Gasteiger partial charge in [-0.2, -0.15) is 0 Å². The zero-order chi connectivity index (χ0) is 12.4. The average molecular weight is 337 g/mol. The molecular formula is C12H12BrCl2NO. The lowest BCUT2D eigenvalue weighted by molar-refractivity contribution is 0.0939. The summed E-state index contributed by atoms with van der Waals surface area (Å²) >= 11 is 15.3. The van der Waals surface area contributed by atoms with E-state index in [-0.39, 0.29) is 11.9 Å². The Bertz CT molecular complexity index is 418. The Balaban J connectivity index is 2.09. The number of alkyl halides is 1. The fourth-order valence-corrected chi connectivity index (χ4v) is 3.26. The fourth-order valence-electron chi connectivity index (χ4n) is 2.01. The molecule has 5 heteroatoms. The summed E-state index contributed by atoms with van der Waals surface area (Å²) in [6.07, 6.45) is 3.24. The molecule has 1 fully saturated rings. The Labute approximate surface area is 119 Å². The molecule has 1 aromatic rings. The third-order valence-corrected chi connectivity index (χ3v) is 4.41. The second kappa shape index (κ2) is 5.59. The van der Waals surface area contributed by atoms with Crippen LogP contribution in [0.4, 0.5) is 0 Å². The van der Waals surface area contributed by atoms with Crippen LogP contribution in [0.15, 0.2) is 18.2 Å². The summed E-state index contributed by atoms with van der Waals surface area (Å²) in [5, 5.41) is 3.95. The molecule has 1 aromatic carbocycles. The topological polar surface area (TPSA) is 29.1 Å². The van der Waals surface area contributed by atoms with Crippen LogP contribution in [0.1, 0.15) is 29.6 Å². The lowest BCUT2D eigenvalue weighted by atomic mass is 10.2. The SMILES string of the molecule is O=C(NC1CCCC1Br)c1cc(Cl)cc(Cl)c1. The summed E-state index contributed by atoms with van der Waals surface area (Å²) in [4.78, 5) is 12.4. The van der Waals surface area contributed by atoms with E-state index in [0.29, 0.717) is 20.4 Å². The van der Waals surface area contributed by atoms with Crippen molar-refractivity contribution >= 4 is 45.0 Å². The molecule has 1 saturated carbocycles. The van der Waals surface area contributed by atoms with E-state index in [4.69, 9.17) is 23.2 Å². The Kier molecular flexibility index (Phi) is 4.34. The number of halogens is 3. The van der Waals surface area contributed by atoms with Gasteiger partial charge in [-0.25, -0.2) is 0 Å². The molecule has 2 atom stereocenters. The highest BCUT2D eigenvalue weighted by Gasteiger charge is 2.26. The van der Waals surface area contributed by atoms with E-state index >= 15 is 0 Å². The summed E-state index contributed by atoms with van der Waals surface area (Å²) in [5.41, 5.74) is 0.508. The van der Waals surface area contributed by atoms with Crippen molar-refractivity contribution in [3.05, 3.63) is 33.8 Å². The van der Waals surface area contributed by atoms with E-state index < -0.39 is 0 Å². The van der Waals surface area contributed by atoms with Crippen molar-refractivity contribution in [2.75, 3.05) is 0 Å². The van der Waals surface area contributed by atoms with Crippen LogP contribution in [-0.4, -0.2) is 16.8 Å². The molecule has 1 N–H and O–H groups in total. The van der Waals surface area contributed by atoms with Gasteiger partial charge in [-0.05, 0) is 31.0 Å². The van der Waals surface area contributed by atoms with Crippen molar-refractivity contribution in [1.29, 1.82) is 0 Å². The summed E-state index contributed by atoms with van der Waals surface area (Å²) in [6, 6.07) is 5.06. The maximum absolute atomic E-state index is 12.0. The van der Waals surface area contributed by atoms with Crippen molar-refractivity contribution in [3.8, 4) is 0 Å². The van der Waals surface area contributed by atoms with Gasteiger partial charge in [0.25, 0.3) is 5.91 Å². The molecule has 0 radical (unpaired) electrons. The van der Waals surface area contributed by atoms with Gasteiger partial charge >= 0.3 is 0 Å². The predicted molar refractivity (Wildman–Crippen MR) is 74.3 cm³/mol. The standard InChI is InChI=1S/C12H12BrCl2NO/c13-10-2-1-3-11(10)16-12(17)7-4-8(14)6-9(15)5-7/h4-6,10-11H,1-3H2,(H,16,17). The average Bonchev–Trinajstić information content (AvgIpc) is 2.63. The second-order valence-electron chi connectivity index (χ2n) is 4.18. The lowest BCUT2D eigenvalue weighted by Gasteiger charge is -2.16. The Morgan fingerprint density at radius 3 is 2.41 bits per heavy atom. The zero-order valence-corrected chi connectivity index (χ0v) is 12.1. The summed E-state index contributed by atoms with van der Waals surface area (Å²) in [6.45, 7) is 0. The number of rotatable bonds is 2. The Morgan fingerprint density at radius 1 is 1.24 bits per heavy atom. The van der Waals surface area contributed by atoms with Gasteiger partial charge in [-0.1, -0.05) is 45.6 Å². The van der Waals surface area contributed by atoms with Gasteiger partial charge < -0.3 is 5.32 Å². The van der Waals surface area contributed by atoms with Gasteiger partial charge in [-0.3, -0.25) is 4.79 Å². The maximum Gasteiger partial charge on any atom is 0.251 e. The van der Waals surface area contributed by atoms with Crippen LogP contribution >= 0.6 is 39.1 Å². The number of hydrogen-bond acceptors (Lipinski definition) is 1. The minimum absolute atomic E-state index is 0.120. The number of carbonyl (C=O) groups excluding carboxylic acids is 1. The molecule has 0 saturated heterocycles. The zero-order valence-electron chi connectivity index (χ0n) is 9.05. The third kappa shape index (κ3) is 3.36. The molecule has 0 aromatic heterocycles. The molecule has 1 aliphatic carbocycles. The first-order valence-corrected chi connectivity index (χ1v) is 7.14. The fraction of sp³-hybridized carbons (Fsp3) is 0.417. The van der Waals surface area contributed by atoms with Crippen molar-refractivity contribution in [2.24, 2.45) is 0 Å². The molecule has 92 valence electrons. The van der Waals surface area contributed by atoms with Gasteiger partial charge in [0.15, 0.2) is 0 Å². The molecule has 2 rings (SSSR count). The molecular weight excluding hydrogens is 325 g/mol. The van der Waals surface area contributed by atoms with Crippen molar-refractivity contribution < 1.29 is 4.79 Å². The Morgan fingerprint density at radius 2 is 1.88 bits per heavy atom. The van der Waals surface area contributed by atoms with E-state index in [9.17, 15) is 4.79 Å². The lowest BCUT2D eigenvalue weighted by Crippen LogP contribution is -2.37. The number of benzene rings is 1. The van der Waals surface area contributed by atoms with Crippen molar-refractivity contribution in [3.63, 3.8) is 0 Å². The van der Waals surface area contributed by atoms with Crippen LogP contribution in [0.5, 0.6) is 0 Å².